The first-order valence-electron chi connectivity index (χ1n) is 12.4. The van der Waals surface area contributed by atoms with E-state index < -0.39 is 0 Å². The highest BCUT2D eigenvalue weighted by molar-refractivity contribution is 8.00. The number of aromatic nitrogens is 1. The number of hydrogen-bond donors (Lipinski definition) is 1. The molecule has 1 amide bonds. The molecule has 0 fully saturated rings. The molecule has 2 aromatic carbocycles. The van der Waals surface area contributed by atoms with Gasteiger partial charge in [-0.25, -0.2) is 4.79 Å². The summed E-state index contributed by atoms with van der Waals surface area (Å²) in [5.74, 6) is -0.178. The molecule has 0 unspecified atom stereocenters. The summed E-state index contributed by atoms with van der Waals surface area (Å²) in [6.45, 7) is 5.04. The summed E-state index contributed by atoms with van der Waals surface area (Å²) in [4.78, 5) is 28.0. The van der Waals surface area contributed by atoms with Crippen LogP contribution in [0.2, 0.25) is 0 Å². The number of carbonyl (C=O) groups excluding carboxylic acids is 2. The first kappa shape index (κ1) is 24.7. The zero-order valence-electron chi connectivity index (χ0n) is 20.6. The fraction of sp³-hybridized carbons (Fsp3) is 0.310. The molecule has 1 aliphatic rings. The second kappa shape index (κ2) is 10.9. The predicted octanol–water partition coefficient (Wildman–Crippen LogP) is 6.85. The van der Waals surface area contributed by atoms with E-state index in [0.29, 0.717) is 17.2 Å². The Bertz CT molecular complexity index is 1420. The topological polar surface area (TPSA) is 60.3 Å². The Kier molecular flexibility index (Phi) is 7.48. The Morgan fingerprint density at radius 1 is 1.08 bits per heavy atom. The lowest BCUT2D eigenvalue weighted by molar-refractivity contribution is -0.113. The highest BCUT2D eigenvalue weighted by Crippen LogP contribution is 2.39. The first-order chi connectivity index (χ1) is 17.5. The fourth-order valence-corrected chi connectivity index (χ4v) is 6.99. The van der Waals surface area contributed by atoms with Crippen LogP contribution in [0, 0.1) is 6.92 Å². The van der Waals surface area contributed by atoms with Crippen molar-refractivity contribution in [2.75, 3.05) is 17.7 Å². The normalized spacial score (nSPS) is 12.9. The second-order valence-electron chi connectivity index (χ2n) is 9.04. The number of anilines is 1. The maximum atomic E-state index is 13.0. The molecule has 7 heteroatoms. The Balaban J connectivity index is 1.34. The summed E-state index contributed by atoms with van der Waals surface area (Å²) >= 11 is 3.06. The van der Waals surface area contributed by atoms with Crippen molar-refractivity contribution in [1.29, 1.82) is 0 Å². The molecule has 0 radical (unpaired) electrons. The molecule has 4 aromatic rings. The van der Waals surface area contributed by atoms with E-state index >= 15 is 0 Å². The summed E-state index contributed by atoms with van der Waals surface area (Å²) in [5, 5.41) is 4.80. The van der Waals surface area contributed by atoms with Gasteiger partial charge in [-0.1, -0.05) is 42.5 Å². The minimum absolute atomic E-state index is 0.111. The van der Waals surface area contributed by atoms with Gasteiger partial charge in [-0.3, -0.25) is 4.79 Å². The SMILES string of the molecule is CCOC(=O)c1c(NC(=O)CSc2cn(Cc3ccccc3C)c3ccccc23)sc2c1CCCC2. The Morgan fingerprint density at radius 2 is 1.86 bits per heavy atom. The van der Waals surface area contributed by atoms with Gasteiger partial charge in [0.05, 0.1) is 17.9 Å². The van der Waals surface area contributed by atoms with E-state index in [1.54, 1.807) is 6.92 Å². The van der Waals surface area contributed by atoms with Gasteiger partial charge in [-0.15, -0.1) is 23.1 Å². The third kappa shape index (κ3) is 5.08. The van der Waals surface area contributed by atoms with Gasteiger partial charge < -0.3 is 14.6 Å². The minimum atomic E-state index is -0.334. The Labute approximate surface area is 219 Å². The number of hydrogen-bond acceptors (Lipinski definition) is 5. The number of rotatable bonds is 8. The van der Waals surface area contributed by atoms with Gasteiger partial charge in [0.1, 0.15) is 5.00 Å². The van der Waals surface area contributed by atoms with Crippen LogP contribution < -0.4 is 5.32 Å². The molecule has 0 saturated heterocycles. The zero-order valence-corrected chi connectivity index (χ0v) is 22.3. The number of amides is 1. The molecule has 2 heterocycles. The third-order valence-electron chi connectivity index (χ3n) is 6.62. The summed E-state index contributed by atoms with van der Waals surface area (Å²) < 4.78 is 7.57. The van der Waals surface area contributed by atoms with Crippen LogP contribution in [0.1, 0.15) is 51.7 Å². The molecular formula is C29H30N2O3S2. The molecule has 36 heavy (non-hydrogen) atoms. The van der Waals surface area contributed by atoms with Gasteiger partial charge in [0.25, 0.3) is 0 Å². The lowest BCUT2D eigenvalue weighted by Crippen LogP contribution is -2.17. The van der Waals surface area contributed by atoms with Crippen LogP contribution in [-0.2, 0) is 28.9 Å². The molecule has 0 saturated carbocycles. The van der Waals surface area contributed by atoms with E-state index in [2.05, 4.69) is 59.4 Å². The van der Waals surface area contributed by atoms with Crippen LogP contribution in [0.3, 0.4) is 0 Å². The summed E-state index contributed by atoms with van der Waals surface area (Å²) in [5.41, 5.74) is 5.32. The third-order valence-corrected chi connectivity index (χ3v) is 8.87. The number of esters is 1. The van der Waals surface area contributed by atoms with Gasteiger partial charge in [0, 0.05) is 33.4 Å². The number of aryl methyl sites for hydroxylation is 2. The number of para-hydroxylation sites is 1. The van der Waals surface area contributed by atoms with Crippen LogP contribution in [0.15, 0.2) is 59.6 Å². The molecule has 186 valence electrons. The van der Waals surface area contributed by atoms with E-state index in [-0.39, 0.29) is 17.6 Å². The lowest BCUT2D eigenvalue weighted by Gasteiger charge is -2.12. The van der Waals surface area contributed by atoms with E-state index in [1.165, 1.54) is 39.1 Å². The average molecular weight is 519 g/mol. The van der Waals surface area contributed by atoms with Crippen molar-refractivity contribution in [3.05, 3.63) is 81.9 Å². The van der Waals surface area contributed by atoms with Crippen LogP contribution in [0.4, 0.5) is 5.00 Å². The van der Waals surface area contributed by atoms with Crippen LogP contribution >= 0.6 is 23.1 Å². The number of ether oxygens (including phenoxy) is 1. The maximum absolute atomic E-state index is 13.0. The van der Waals surface area contributed by atoms with Crippen molar-refractivity contribution >= 4 is 50.9 Å². The maximum Gasteiger partial charge on any atom is 0.341 e. The van der Waals surface area contributed by atoms with Crippen LogP contribution in [-0.4, -0.2) is 28.8 Å². The van der Waals surface area contributed by atoms with Gasteiger partial charge in [0.15, 0.2) is 0 Å². The molecule has 5 rings (SSSR count). The van der Waals surface area contributed by atoms with Crippen LogP contribution in [0.5, 0.6) is 0 Å². The van der Waals surface area contributed by atoms with E-state index in [9.17, 15) is 9.59 Å². The number of benzene rings is 2. The first-order valence-corrected chi connectivity index (χ1v) is 14.2. The number of thioether (sulfide) groups is 1. The molecule has 1 aliphatic carbocycles. The number of nitrogens with zero attached hydrogens (tertiary/aromatic N) is 1. The molecule has 0 spiro atoms. The van der Waals surface area contributed by atoms with Gasteiger partial charge in [-0.05, 0) is 62.3 Å². The highest BCUT2D eigenvalue weighted by atomic mass is 32.2. The van der Waals surface area contributed by atoms with Gasteiger partial charge in [0.2, 0.25) is 5.91 Å². The van der Waals surface area contributed by atoms with Crippen molar-refractivity contribution in [2.24, 2.45) is 0 Å². The van der Waals surface area contributed by atoms with E-state index in [4.69, 9.17) is 4.74 Å². The molecular weight excluding hydrogens is 488 g/mol. The second-order valence-corrected chi connectivity index (χ2v) is 11.2. The van der Waals surface area contributed by atoms with E-state index in [1.807, 2.05) is 12.1 Å². The smallest absolute Gasteiger partial charge is 0.341 e. The van der Waals surface area contributed by atoms with Crippen molar-refractivity contribution in [2.45, 2.75) is 51.0 Å². The molecule has 0 bridgehead atoms. The standard InChI is InChI=1S/C29H30N2O3S2/c1-3-34-29(33)27-22-13-7-9-15-24(22)36-28(27)30-26(32)18-35-25-17-31(23-14-8-6-12-21(23)25)16-20-11-5-4-10-19(20)2/h4-6,8,10-12,14,17H,3,7,9,13,15-16,18H2,1-2H3,(H,30,32). The average Bonchev–Trinajstić information content (AvgIpc) is 3.42. The highest BCUT2D eigenvalue weighted by Gasteiger charge is 2.27. The number of carbonyl (C=O) groups is 2. The van der Waals surface area contributed by atoms with Crippen molar-refractivity contribution in [3.8, 4) is 0 Å². The monoisotopic (exact) mass is 518 g/mol. The molecule has 0 atom stereocenters. The number of thiophene rings is 1. The van der Waals surface area contributed by atoms with Crippen molar-refractivity contribution in [1.82, 2.24) is 4.57 Å². The molecule has 0 aliphatic heterocycles. The quantitative estimate of drug-likeness (QED) is 0.205. The fourth-order valence-electron chi connectivity index (χ4n) is 4.81. The van der Waals surface area contributed by atoms with Gasteiger partial charge >= 0.3 is 5.97 Å². The predicted molar refractivity (Wildman–Crippen MR) is 148 cm³/mol. The van der Waals surface area contributed by atoms with Crippen molar-refractivity contribution in [3.63, 3.8) is 0 Å². The molecule has 2 aromatic heterocycles. The van der Waals surface area contributed by atoms with Crippen LogP contribution in [0.25, 0.3) is 10.9 Å². The molecule has 5 nitrogen and oxygen atoms in total. The number of fused-ring (bicyclic) bond motifs is 2. The Morgan fingerprint density at radius 3 is 2.69 bits per heavy atom. The summed E-state index contributed by atoms with van der Waals surface area (Å²) in [6.07, 6.45) is 6.14. The lowest BCUT2D eigenvalue weighted by atomic mass is 9.95. The van der Waals surface area contributed by atoms with Crippen molar-refractivity contribution < 1.29 is 14.3 Å². The summed E-state index contributed by atoms with van der Waals surface area (Å²) in [6, 6.07) is 16.7. The minimum Gasteiger partial charge on any atom is -0.462 e. The zero-order chi connectivity index (χ0) is 25.1. The summed E-state index contributed by atoms with van der Waals surface area (Å²) in [7, 11) is 0. The largest absolute Gasteiger partial charge is 0.462 e. The van der Waals surface area contributed by atoms with E-state index in [0.717, 1.165) is 53.6 Å². The Hall–Kier alpha value is -3.03. The van der Waals surface area contributed by atoms with Gasteiger partial charge in [-0.2, -0.15) is 0 Å². The number of nitrogens with one attached hydrogen (secondary N) is 1. The molecule has 1 N–H and O–H groups in total.